The van der Waals surface area contributed by atoms with Crippen molar-refractivity contribution in [1.29, 1.82) is 0 Å². The molecular formula is C30H27FN2O5S. The summed E-state index contributed by atoms with van der Waals surface area (Å²) in [5.74, 6) is -1.60. The smallest absolute Gasteiger partial charge is 0.301 e. The first kappa shape index (κ1) is 26.4. The van der Waals surface area contributed by atoms with Crippen molar-refractivity contribution in [2.75, 3.05) is 18.1 Å². The molecule has 200 valence electrons. The Kier molecular flexibility index (Phi) is 7.10. The second-order valence-corrected chi connectivity index (χ2v) is 10.2. The Labute approximate surface area is 229 Å². The van der Waals surface area contributed by atoms with Gasteiger partial charge in [-0.15, -0.1) is 0 Å². The number of hydrogen-bond donors (Lipinski definition) is 1. The Balaban J connectivity index is 1.75. The van der Waals surface area contributed by atoms with Crippen LogP contribution in [0.15, 0.2) is 60.2 Å². The summed E-state index contributed by atoms with van der Waals surface area (Å²) < 4.78 is 26.0. The number of aromatic nitrogens is 1. The van der Waals surface area contributed by atoms with E-state index in [0.717, 1.165) is 21.3 Å². The first-order valence-corrected chi connectivity index (χ1v) is 13.4. The number of ether oxygens (including phenoxy) is 2. The van der Waals surface area contributed by atoms with Gasteiger partial charge >= 0.3 is 5.91 Å². The molecule has 1 N–H and O–H groups in total. The van der Waals surface area contributed by atoms with E-state index in [4.69, 9.17) is 14.5 Å². The number of benzene rings is 3. The number of aliphatic hydroxyl groups is 1. The molecule has 4 aromatic rings. The van der Waals surface area contributed by atoms with Crippen molar-refractivity contribution >= 4 is 44.1 Å². The molecule has 1 atom stereocenters. The Bertz CT molecular complexity index is 1630. The lowest BCUT2D eigenvalue weighted by atomic mass is 9.95. The van der Waals surface area contributed by atoms with Crippen molar-refractivity contribution in [1.82, 2.24) is 4.98 Å². The highest BCUT2D eigenvalue weighted by Crippen LogP contribution is 2.46. The number of aryl methyl sites for hydroxylation is 2. The first-order valence-electron chi connectivity index (χ1n) is 12.6. The number of aliphatic hydroxyl groups excluding tert-OH is 1. The van der Waals surface area contributed by atoms with Gasteiger partial charge in [0.2, 0.25) is 0 Å². The molecule has 1 fully saturated rings. The van der Waals surface area contributed by atoms with Crippen LogP contribution in [0.2, 0.25) is 0 Å². The van der Waals surface area contributed by atoms with Crippen molar-refractivity contribution in [3.8, 4) is 11.5 Å². The van der Waals surface area contributed by atoms with Gasteiger partial charge in [0, 0.05) is 5.56 Å². The number of anilines is 1. The zero-order valence-corrected chi connectivity index (χ0v) is 22.8. The summed E-state index contributed by atoms with van der Waals surface area (Å²) in [6.07, 6.45) is 0. The highest BCUT2D eigenvalue weighted by Gasteiger charge is 2.48. The van der Waals surface area contributed by atoms with Crippen LogP contribution in [-0.2, 0) is 9.59 Å². The number of fused-ring (bicyclic) bond motifs is 1. The van der Waals surface area contributed by atoms with E-state index in [1.165, 1.54) is 40.5 Å². The molecular weight excluding hydrogens is 519 g/mol. The van der Waals surface area contributed by atoms with E-state index in [9.17, 15) is 19.1 Å². The highest BCUT2D eigenvalue weighted by molar-refractivity contribution is 7.22. The molecule has 9 heteroatoms. The lowest BCUT2D eigenvalue weighted by Crippen LogP contribution is -2.29. The Morgan fingerprint density at radius 1 is 1.00 bits per heavy atom. The summed E-state index contributed by atoms with van der Waals surface area (Å²) >= 11 is 1.30. The maximum atomic E-state index is 13.6. The third kappa shape index (κ3) is 4.74. The van der Waals surface area contributed by atoms with Gasteiger partial charge in [-0.2, -0.15) is 0 Å². The van der Waals surface area contributed by atoms with Crippen LogP contribution in [0.3, 0.4) is 0 Å². The number of carbonyl (C=O) groups is 2. The SMILES string of the molecule is CCOc1ccc(C2/C(=C(\O)c3ccc(F)cc3)C(=O)C(=O)N2c2nc3c(C)cc(C)cc3s2)cc1OCC. The van der Waals surface area contributed by atoms with E-state index >= 15 is 0 Å². The summed E-state index contributed by atoms with van der Waals surface area (Å²) in [7, 11) is 0. The number of nitrogens with zero attached hydrogens (tertiary/aromatic N) is 2. The number of thiazole rings is 1. The normalized spacial score (nSPS) is 16.7. The molecule has 7 nitrogen and oxygen atoms in total. The van der Waals surface area contributed by atoms with Crippen LogP contribution in [-0.4, -0.2) is 35.0 Å². The maximum absolute atomic E-state index is 13.6. The number of ketones is 1. The van der Waals surface area contributed by atoms with Crippen LogP contribution in [0.5, 0.6) is 11.5 Å². The van der Waals surface area contributed by atoms with Gasteiger partial charge in [-0.3, -0.25) is 14.5 Å². The second kappa shape index (κ2) is 10.5. The van der Waals surface area contributed by atoms with Gasteiger partial charge in [-0.25, -0.2) is 9.37 Å². The Morgan fingerprint density at radius 2 is 1.69 bits per heavy atom. The lowest BCUT2D eigenvalue weighted by molar-refractivity contribution is -0.132. The average molecular weight is 547 g/mol. The van der Waals surface area contributed by atoms with E-state index in [1.54, 1.807) is 18.2 Å². The third-order valence-electron chi connectivity index (χ3n) is 6.47. The van der Waals surface area contributed by atoms with Gasteiger partial charge in [-0.1, -0.05) is 23.5 Å². The number of hydrogen-bond acceptors (Lipinski definition) is 7. The fourth-order valence-electron chi connectivity index (χ4n) is 4.81. The van der Waals surface area contributed by atoms with Crippen molar-refractivity contribution < 1.29 is 28.6 Å². The van der Waals surface area contributed by atoms with Crippen molar-refractivity contribution in [3.05, 3.63) is 88.2 Å². The molecule has 1 aromatic heterocycles. The maximum Gasteiger partial charge on any atom is 0.301 e. The van der Waals surface area contributed by atoms with E-state index < -0.39 is 29.3 Å². The molecule has 1 saturated heterocycles. The summed E-state index contributed by atoms with van der Waals surface area (Å²) in [5.41, 5.74) is 3.36. The number of carbonyl (C=O) groups excluding carboxylic acids is 2. The summed E-state index contributed by atoms with van der Waals surface area (Å²) in [6.45, 7) is 8.42. The first-order chi connectivity index (χ1) is 18.7. The van der Waals surface area contributed by atoms with E-state index in [1.807, 2.05) is 39.8 Å². The van der Waals surface area contributed by atoms with E-state index in [-0.39, 0.29) is 11.1 Å². The summed E-state index contributed by atoms with van der Waals surface area (Å²) in [4.78, 5) is 33.2. The largest absolute Gasteiger partial charge is 0.507 e. The molecule has 1 aliphatic rings. The molecule has 0 spiro atoms. The zero-order valence-electron chi connectivity index (χ0n) is 21.9. The van der Waals surface area contributed by atoms with E-state index in [2.05, 4.69) is 0 Å². The zero-order chi connectivity index (χ0) is 27.8. The van der Waals surface area contributed by atoms with Crippen LogP contribution in [0.4, 0.5) is 9.52 Å². The average Bonchev–Trinajstić information content (AvgIpc) is 3.44. The minimum Gasteiger partial charge on any atom is -0.507 e. The topological polar surface area (TPSA) is 89.0 Å². The standard InChI is InChI=1S/C30H27FN2O5S/c1-5-37-21-12-9-19(15-22(21)38-6-2)26-24(27(34)18-7-10-20(31)11-8-18)28(35)29(36)33(26)30-32-25-17(4)13-16(3)14-23(25)39-30/h7-15,26,34H,5-6H2,1-4H3/b27-24+. The van der Waals surface area contributed by atoms with Crippen molar-refractivity contribution in [2.45, 2.75) is 33.7 Å². The summed E-state index contributed by atoms with van der Waals surface area (Å²) in [5, 5.41) is 11.6. The van der Waals surface area contributed by atoms with Crippen molar-refractivity contribution in [2.24, 2.45) is 0 Å². The minimum atomic E-state index is -1.01. The van der Waals surface area contributed by atoms with Crippen molar-refractivity contribution in [3.63, 3.8) is 0 Å². The number of rotatable bonds is 7. The van der Waals surface area contributed by atoms with Gasteiger partial charge in [0.1, 0.15) is 11.6 Å². The van der Waals surface area contributed by atoms with Gasteiger partial charge < -0.3 is 14.6 Å². The predicted molar refractivity (Wildman–Crippen MR) is 149 cm³/mol. The third-order valence-corrected chi connectivity index (χ3v) is 7.47. The van der Waals surface area contributed by atoms with Crippen LogP contribution >= 0.6 is 11.3 Å². The molecule has 2 heterocycles. The highest BCUT2D eigenvalue weighted by atomic mass is 32.1. The predicted octanol–water partition coefficient (Wildman–Crippen LogP) is 6.48. The molecule has 0 saturated carbocycles. The van der Waals surface area contributed by atoms with Crippen LogP contribution < -0.4 is 14.4 Å². The molecule has 0 radical (unpaired) electrons. The Morgan fingerprint density at radius 3 is 2.38 bits per heavy atom. The van der Waals surface area contributed by atoms with E-state index in [0.29, 0.717) is 35.4 Å². The molecule has 0 bridgehead atoms. The lowest BCUT2D eigenvalue weighted by Gasteiger charge is -2.24. The fraction of sp³-hybridized carbons (Fsp3) is 0.233. The molecule has 0 aliphatic carbocycles. The number of amides is 1. The molecule has 1 amide bonds. The molecule has 1 unspecified atom stereocenters. The van der Waals surface area contributed by atoms with Crippen LogP contribution in [0.1, 0.15) is 42.1 Å². The van der Waals surface area contributed by atoms with Gasteiger partial charge in [0.05, 0.1) is 35.0 Å². The second-order valence-electron chi connectivity index (χ2n) is 9.17. The van der Waals surface area contributed by atoms with Gasteiger partial charge in [-0.05, 0) is 86.8 Å². The molecule has 5 rings (SSSR count). The summed E-state index contributed by atoms with van der Waals surface area (Å²) in [6, 6.07) is 13.2. The number of Topliss-reactive ketones (excluding diaryl/α,β-unsaturated/α-hetero) is 1. The minimum absolute atomic E-state index is 0.120. The quantitative estimate of drug-likeness (QED) is 0.162. The molecule has 1 aliphatic heterocycles. The molecule has 3 aromatic carbocycles. The van der Waals surface area contributed by atoms with Gasteiger partial charge in [0.15, 0.2) is 16.6 Å². The Hall–Kier alpha value is -4.24. The van der Waals surface area contributed by atoms with Gasteiger partial charge in [0.25, 0.3) is 5.78 Å². The fourth-order valence-corrected chi connectivity index (χ4v) is 5.98. The molecule has 39 heavy (non-hydrogen) atoms. The monoisotopic (exact) mass is 546 g/mol. The van der Waals surface area contributed by atoms with Crippen LogP contribution in [0, 0.1) is 19.7 Å². The number of halogens is 1. The van der Waals surface area contributed by atoms with Crippen LogP contribution in [0.25, 0.3) is 16.0 Å².